The summed E-state index contributed by atoms with van der Waals surface area (Å²) in [5, 5.41) is 37.3. The molecule has 41 nitrogen and oxygen atoms in total. The van der Waals surface area contributed by atoms with Crippen LogP contribution in [0.5, 0.6) is 5.75 Å². The summed E-state index contributed by atoms with van der Waals surface area (Å²) in [5.74, 6) is -1.99. The number of aryl methyl sites for hydroxylation is 7. The van der Waals surface area contributed by atoms with Gasteiger partial charge in [0.05, 0.1) is 129 Å². The van der Waals surface area contributed by atoms with Crippen LogP contribution >= 0.6 is 11.3 Å². The number of nitrogens with one attached hydrogen (secondary N) is 10. The number of benzene rings is 2. The van der Waals surface area contributed by atoms with Crippen LogP contribution in [-0.4, -0.2) is 256 Å². The number of rotatable bonds is 57. The summed E-state index contributed by atoms with van der Waals surface area (Å²) in [5.41, 5.74) is 6.05. The fourth-order valence-corrected chi connectivity index (χ4v) is 14.5. The number of imidazole rings is 3. The van der Waals surface area contributed by atoms with Gasteiger partial charge in [0.1, 0.15) is 40.6 Å². The summed E-state index contributed by atoms with van der Waals surface area (Å²) < 4.78 is 60.0. The number of thiophene rings is 1. The summed E-state index contributed by atoms with van der Waals surface area (Å²) in [4.78, 5) is 148. The van der Waals surface area contributed by atoms with Gasteiger partial charge in [-0.15, -0.1) is 21.5 Å². The van der Waals surface area contributed by atoms with E-state index in [1.807, 2.05) is 35.8 Å². The van der Waals surface area contributed by atoms with Gasteiger partial charge in [0.15, 0.2) is 23.3 Å². The third-order valence-electron chi connectivity index (χ3n) is 20.0. The molecule has 0 saturated heterocycles. The van der Waals surface area contributed by atoms with Crippen molar-refractivity contribution in [2.75, 3.05) is 170 Å². The lowest BCUT2D eigenvalue weighted by atomic mass is 9.99. The van der Waals surface area contributed by atoms with Gasteiger partial charge >= 0.3 is 0 Å². The van der Waals surface area contributed by atoms with Crippen LogP contribution in [0.3, 0.4) is 0 Å². The van der Waals surface area contributed by atoms with Crippen molar-refractivity contribution >= 4 is 111 Å². The molecule has 42 heteroatoms. The Balaban J connectivity index is 0.471. The first-order valence-corrected chi connectivity index (χ1v) is 43.6. The minimum atomic E-state index is -0.641. The van der Waals surface area contributed by atoms with Gasteiger partial charge < -0.3 is 119 Å². The zero-order valence-electron chi connectivity index (χ0n) is 74.3. The molecule has 8 heterocycles. The summed E-state index contributed by atoms with van der Waals surface area (Å²) in [6.45, 7) is 14.8. The van der Waals surface area contributed by atoms with Crippen molar-refractivity contribution in [3.05, 3.63) is 160 Å². The number of aliphatic imine (C=N–C) groups is 1. The van der Waals surface area contributed by atoms with Crippen LogP contribution in [0, 0.1) is 20.8 Å². The Morgan fingerprint density at radius 3 is 1.39 bits per heavy atom. The fourth-order valence-electron chi connectivity index (χ4n) is 13.3. The van der Waals surface area contributed by atoms with Gasteiger partial charge in [-0.25, -0.2) is 15.0 Å². The standard InChI is InChI=1S/C87H116N22O19S/c1-10-11-12-13-14-15-72(111)93-61-18-16-60(17-19-61)77-76-57(2)58(3)129-87(76)109-59(4)102-103-78(109)66(97-77)52-75(114)94-62-20-22-65(23-21-62)128-49-48-127-47-46-126-45-44-125-43-42-124-41-40-123-39-38-122-37-36-121-35-34-120-33-31-88-71(110)24-27-92-84(117)80-100-69(55-107(80)8)98-73(112)25-28-91-83(116)68-51-64(54-106(68)7)96-86(119)81-101-70(56-108(81)9)99-74(113)26-29-90-82(115)67-50-63(53-105(67)6)95-85(118)79-89-30-32-104(79)5/h16-23,30,32,50-51,53-56,66H,10-15,24-29,31,33-49,52H2,1-9H3,(H,88,110)(H,90,115)(H,91,116)(H,92,117)(H,93,111)(H,94,114)(H,95,118)(H,96,119)(H,98,112)(H,99,113)/t66-/m0/s1. The molecule has 0 radical (unpaired) electrons. The van der Waals surface area contributed by atoms with Crippen molar-refractivity contribution in [3.8, 4) is 10.8 Å². The van der Waals surface area contributed by atoms with E-state index in [2.05, 4.69) is 99.1 Å². The average Bonchev–Trinajstić information content (AvgIpc) is 1.59. The van der Waals surface area contributed by atoms with Gasteiger partial charge in [0, 0.05) is 152 Å². The molecule has 2 aromatic carbocycles. The molecule has 1 aliphatic rings. The number of anilines is 6. The maximum atomic E-state index is 13.8. The van der Waals surface area contributed by atoms with Crippen LogP contribution in [0.4, 0.5) is 34.4 Å². The first-order valence-electron chi connectivity index (χ1n) is 42.8. The zero-order valence-corrected chi connectivity index (χ0v) is 75.1. The van der Waals surface area contributed by atoms with Gasteiger partial charge in [0.2, 0.25) is 41.2 Å². The summed E-state index contributed by atoms with van der Waals surface area (Å²) in [7, 11) is 8.04. The van der Waals surface area contributed by atoms with Crippen LogP contribution in [0.1, 0.15) is 163 Å². The predicted octanol–water partition coefficient (Wildman–Crippen LogP) is 6.82. The van der Waals surface area contributed by atoms with Crippen LogP contribution in [0.25, 0.3) is 5.00 Å². The minimum Gasteiger partial charge on any atom is -0.491 e. The number of hydrogen-bond donors (Lipinski definition) is 10. The molecular formula is C87H116N22O19S. The Labute approximate surface area is 750 Å². The third-order valence-corrected chi connectivity index (χ3v) is 21.2. The first kappa shape index (κ1) is 98.5. The molecule has 7 aromatic heterocycles. The van der Waals surface area contributed by atoms with E-state index in [9.17, 15) is 47.9 Å². The smallest absolute Gasteiger partial charge is 0.291 e. The van der Waals surface area contributed by atoms with Crippen molar-refractivity contribution < 1.29 is 90.6 Å². The molecule has 0 fully saturated rings. The number of carbonyl (C=O) groups is 10. The van der Waals surface area contributed by atoms with Crippen LogP contribution in [0.15, 0.2) is 103 Å². The monoisotopic (exact) mass is 1800 g/mol. The van der Waals surface area contributed by atoms with Gasteiger partial charge in [0.25, 0.3) is 29.5 Å². The second-order valence-electron chi connectivity index (χ2n) is 30.0. The normalized spacial score (nSPS) is 12.2. The van der Waals surface area contributed by atoms with Gasteiger partial charge in [-0.3, -0.25) is 57.5 Å². The molecule has 0 aliphatic carbocycles. The molecule has 694 valence electrons. The molecule has 9 aromatic rings. The molecular weight excluding hydrogens is 1690 g/mol. The van der Waals surface area contributed by atoms with Crippen LogP contribution < -0.4 is 57.9 Å². The van der Waals surface area contributed by atoms with Crippen molar-refractivity contribution in [1.82, 2.24) is 73.8 Å². The van der Waals surface area contributed by atoms with E-state index in [1.165, 1.54) is 61.6 Å². The number of fused-ring (bicyclic) bond motifs is 3. The number of carbonyl (C=O) groups excluding carboxylic acids is 10. The van der Waals surface area contributed by atoms with E-state index < -0.39 is 47.4 Å². The van der Waals surface area contributed by atoms with E-state index in [4.69, 9.17) is 47.6 Å². The summed E-state index contributed by atoms with van der Waals surface area (Å²) in [6.07, 6.45) is 14.7. The Kier molecular flexibility index (Phi) is 39.2. The number of unbranched alkanes of at least 4 members (excludes halogenated alkanes) is 4. The molecule has 0 spiro atoms. The van der Waals surface area contributed by atoms with E-state index >= 15 is 0 Å². The maximum absolute atomic E-state index is 13.8. The number of amides is 10. The number of ether oxygens (including phenoxy) is 9. The van der Waals surface area contributed by atoms with E-state index in [-0.39, 0.29) is 122 Å². The Morgan fingerprint density at radius 1 is 0.419 bits per heavy atom. The van der Waals surface area contributed by atoms with Crippen molar-refractivity contribution in [3.63, 3.8) is 0 Å². The van der Waals surface area contributed by atoms with Crippen molar-refractivity contribution in [2.24, 2.45) is 40.2 Å². The second-order valence-corrected chi connectivity index (χ2v) is 31.2. The Bertz CT molecular complexity index is 5260. The topological polar surface area (TPSA) is 480 Å². The van der Waals surface area contributed by atoms with Crippen molar-refractivity contribution in [1.29, 1.82) is 0 Å². The van der Waals surface area contributed by atoms with Crippen LogP contribution in [0.2, 0.25) is 0 Å². The van der Waals surface area contributed by atoms with Gasteiger partial charge in [-0.2, -0.15) is 0 Å². The third kappa shape index (κ3) is 31.1. The molecule has 1 atom stereocenters. The highest BCUT2D eigenvalue weighted by Crippen LogP contribution is 2.40. The Morgan fingerprint density at radius 2 is 0.876 bits per heavy atom. The fraction of sp³-hybridized carbons (Fsp3) is 0.471. The first-order chi connectivity index (χ1) is 62.4. The lowest BCUT2D eigenvalue weighted by Crippen LogP contribution is -2.33. The number of hydrogen-bond acceptors (Lipinski definition) is 26. The molecule has 1 aliphatic heterocycles. The lowest BCUT2D eigenvalue weighted by Gasteiger charge is -2.14. The number of nitrogens with zero attached hydrogens (tertiary/aromatic N) is 12. The number of aromatic nitrogens is 11. The highest BCUT2D eigenvalue weighted by molar-refractivity contribution is 7.15. The SMILES string of the molecule is CCCCCCCC(=O)Nc1ccc(C2=N[C@@H](CC(=O)Nc3ccc(OCCOCCOCCOCCOCCOCCOCCOCCOCCNC(=O)CCNC(=O)c4nc(NC(=O)CCNC(=O)c5cc(NC(=O)c6nc(NC(=O)CCNC(=O)c7cc(NC(=O)c8nccn8C)cn7C)cn6C)cn5C)cn4C)cc3)c3nnc(C)n3-c3sc(C)c(C)c32)cc1. The zero-order chi connectivity index (χ0) is 92.0. The van der Waals surface area contributed by atoms with E-state index in [0.29, 0.717) is 141 Å². The molecule has 0 saturated carbocycles. The predicted molar refractivity (Wildman–Crippen MR) is 479 cm³/mol. The van der Waals surface area contributed by atoms with E-state index in [0.717, 1.165) is 63.7 Å². The highest BCUT2D eigenvalue weighted by atomic mass is 32.1. The van der Waals surface area contributed by atoms with Gasteiger partial charge in [-0.1, -0.05) is 44.7 Å². The average molecular weight is 1810 g/mol. The molecule has 0 bridgehead atoms. The van der Waals surface area contributed by atoms with Crippen molar-refractivity contribution in [2.45, 2.75) is 97.9 Å². The molecule has 10 N–H and O–H groups in total. The quantitative estimate of drug-likeness (QED) is 0.0175. The molecule has 10 amide bonds. The lowest BCUT2D eigenvalue weighted by molar-refractivity contribution is -0.121. The summed E-state index contributed by atoms with van der Waals surface area (Å²) >= 11 is 1.65. The minimum absolute atomic E-state index is 0.00147. The second kappa shape index (κ2) is 51.3. The van der Waals surface area contributed by atoms with Crippen LogP contribution in [-0.2, 0) is 97.1 Å². The Hall–Kier alpha value is -12.7. The summed E-state index contributed by atoms with van der Waals surface area (Å²) in [6, 6.07) is 17.2. The highest BCUT2D eigenvalue weighted by Gasteiger charge is 2.33. The molecule has 0 unspecified atom stereocenters. The maximum Gasteiger partial charge on any atom is 0.291 e. The largest absolute Gasteiger partial charge is 0.491 e. The van der Waals surface area contributed by atoms with E-state index in [1.54, 1.807) is 87.8 Å². The van der Waals surface area contributed by atoms with Gasteiger partial charge in [-0.05, 0) is 81.3 Å². The molecule has 10 rings (SSSR count). The molecule has 129 heavy (non-hydrogen) atoms.